The molecule has 4 rings (SSSR count). The van der Waals surface area contributed by atoms with Crippen LogP contribution >= 0.6 is 0 Å². The number of hydrogen-bond donors (Lipinski definition) is 1. The number of aliphatic hydroxyl groups is 1. The Hall–Kier alpha value is -2.26. The lowest BCUT2D eigenvalue weighted by Crippen LogP contribution is -1.83. The SMILES string of the molecule is OCc1cc2oc3ccccc3c2c2ccoc12. The number of fused-ring (bicyclic) bond motifs is 5. The van der Waals surface area contributed by atoms with Crippen LogP contribution in [-0.2, 0) is 6.61 Å². The second kappa shape index (κ2) is 3.37. The zero-order valence-corrected chi connectivity index (χ0v) is 9.51. The minimum absolute atomic E-state index is 0.0585. The molecule has 0 saturated heterocycles. The van der Waals surface area contributed by atoms with E-state index >= 15 is 0 Å². The summed E-state index contributed by atoms with van der Waals surface area (Å²) < 4.78 is 11.3. The maximum atomic E-state index is 9.39. The fourth-order valence-electron chi connectivity index (χ4n) is 2.54. The quantitative estimate of drug-likeness (QED) is 0.548. The number of furan rings is 2. The molecule has 0 radical (unpaired) electrons. The third-order valence-corrected chi connectivity index (χ3v) is 3.32. The van der Waals surface area contributed by atoms with E-state index in [2.05, 4.69) is 0 Å². The van der Waals surface area contributed by atoms with Crippen LogP contribution in [0.25, 0.3) is 32.9 Å². The summed E-state index contributed by atoms with van der Waals surface area (Å²) in [5.74, 6) is 0. The Morgan fingerprint density at radius 3 is 2.78 bits per heavy atom. The fourth-order valence-corrected chi connectivity index (χ4v) is 2.54. The van der Waals surface area contributed by atoms with Crippen molar-refractivity contribution in [3.63, 3.8) is 0 Å². The first-order chi connectivity index (χ1) is 8.88. The lowest BCUT2D eigenvalue weighted by atomic mass is 10.1. The number of para-hydroxylation sites is 1. The molecule has 2 aromatic heterocycles. The van der Waals surface area contributed by atoms with Crippen LogP contribution in [0.4, 0.5) is 0 Å². The van der Waals surface area contributed by atoms with Crippen molar-refractivity contribution in [2.24, 2.45) is 0 Å². The molecule has 18 heavy (non-hydrogen) atoms. The monoisotopic (exact) mass is 238 g/mol. The van der Waals surface area contributed by atoms with Crippen molar-refractivity contribution >= 4 is 32.9 Å². The number of benzene rings is 2. The molecule has 88 valence electrons. The van der Waals surface area contributed by atoms with E-state index in [0.717, 1.165) is 38.5 Å². The average Bonchev–Trinajstić information content (AvgIpc) is 3.00. The number of aliphatic hydroxyl groups excluding tert-OH is 1. The predicted molar refractivity (Wildman–Crippen MR) is 69.4 cm³/mol. The molecular weight excluding hydrogens is 228 g/mol. The van der Waals surface area contributed by atoms with Gasteiger partial charge in [0, 0.05) is 21.7 Å². The maximum Gasteiger partial charge on any atom is 0.140 e. The highest BCUT2D eigenvalue weighted by Gasteiger charge is 2.14. The Morgan fingerprint density at radius 2 is 1.89 bits per heavy atom. The van der Waals surface area contributed by atoms with E-state index in [1.807, 2.05) is 36.4 Å². The standard InChI is InChI=1S/C15H10O3/c16-8-9-7-13-14(11-5-6-17-15(9)11)10-3-1-2-4-12(10)18-13/h1-7,16H,8H2. The van der Waals surface area contributed by atoms with Crippen LogP contribution in [0.1, 0.15) is 5.56 Å². The third kappa shape index (κ3) is 1.11. The van der Waals surface area contributed by atoms with Gasteiger partial charge in [-0.1, -0.05) is 18.2 Å². The van der Waals surface area contributed by atoms with Gasteiger partial charge in [-0.15, -0.1) is 0 Å². The summed E-state index contributed by atoms with van der Waals surface area (Å²) in [4.78, 5) is 0. The Bertz CT molecular complexity index is 867. The Morgan fingerprint density at radius 1 is 1.00 bits per heavy atom. The summed E-state index contributed by atoms with van der Waals surface area (Å²) in [5.41, 5.74) is 3.12. The molecule has 0 atom stereocenters. The van der Waals surface area contributed by atoms with Gasteiger partial charge in [0.2, 0.25) is 0 Å². The Labute approximate surface area is 102 Å². The molecule has 2 heterocycles. The molecule has 0 fully saturated rings. The van der Waals surface area contributed by atoms with Crippen LogP contribution < -0.4 is 0 Å². The largest absolute Gasteiger partial charge is 0.464 e. The first-order valence-corrected chi connectivity index (χ1v) is 5.79. The van der Waals surface area contributed by atoms with Crippen molar-refractivity contribution in [2.75, 3.05) is 0 Å². The highest BCUT2D eigenvalue weighted by Crippen LogP contribution is 2.36. The van der Waals surface area contributed by atoms with Crippen LogP contribution in [-0.4, -0.2) is 5.11 Å². The Kier molecular flexibility index (Phi) is 1.82. The maximum absolute atomic E-state index is 9.39. The van der Waals surface area contributed by atoms with Gasteiger partial charge in [0.25, 0.3) is 0 Å². The number of rotatable bonds is 1. The zero-order valence-electron chi connectivity index (χ0n) is 9.51. The van der Waals surface area contributed by atoms with Crippen LogP contribution in [0.15, 0.2) is 51.5 Å². The van der Waals surface area contributed by atoms with Gasteiger partial charge in [0.15, 0.2) is 0 Å². The van der Waals surface area contributed by atoms with E-state index in [1.54, 1.807) is 6.26 Å². The van der Waals surface area contributed by atoms with Gasteiger partial charge in [-0.05, 0) is 18.2 Å². The molecule has 0 spiro atoms. The smallest absolute Gasteiger partial charge is 0.140 e. The minimum Gasteiger partial charge on any atom is -0.464 e. The van der Waals surface area contributed by atoms with Crippen LogP contribution in [0.3, 0.4) is 0 Å². The molecule has 0 aliphatic rings. The molecule has 3 heteroatoms. The number of hydrogen-bond acceptors (Lipinski definition) is 3. The van der Waals surface area contributed by atoms with Crippen LogP contribution in [0, 0.1) is 0 Å². The van der Waals surface area contributed by atoms with Gasteiger partial charge in [-0.25, -0.2) is 0 Å². The van der Waals surface area contributed by atoms with Gasteiger partial charge in [-0.3, -0.25) is 0 Å². The van der Waals surface area contributed by atoms with Crippen molar-refractivity contribution in [1.29, 1.82) is 0 Å². The topological polar surface area (TPSA) is 46.5 Å². The van der Waals surface area contributed by atoms with E-state index < -0.39 is 0 Å². The third-order valence-electron chi connectivity index (χ3n) is 3.32. The summed E-state index contributed by atoms with van der Waals surface area (Å²) in [6.45, 7) is -0.0585. The Balaban J connectivity index is 2.34. The lowest BCUT2D eigenvalue weighted by Gasteiger charge is -1.98. The van der Waals surface area contributed by atoms with Crippen molar-refractivity contribution in [3.05, 3.63) is 48.2 Å². The van der Waals surface area contributed by atoms with E-state index in [-0.39, 0.29) is 6.61 Å². The molecule has 0 aliphatic carbocycles. The molecule has 0 amide bonds. The zero-order chi connectivity index (χ0) is 12.1. The molecule has 3 nitrogen and oxygen atoms in total. The van der Waals surface area contributed by atoms with Crippen molar-refractivity contribution in [3.8, 4) is 0 Å². The summed E-state index contributed by atoms with van der Waals surface area (Å²) in [5, 5.41) is 12.5. The molecule has 0 unspecified atom stereocenters. The molecular formula is C15H10O3. The van der Waals surface area contributed by atoms with Gasteiger partial charge >= 0.3 is 0 Å². The van der Waals surface area contributed by atoms with Crippen molar-refractivity contribution < 1.29 is 13.9 Å². The summed E-state index contributed by atoms with van der Waals surface area (Å²) >= 11 is 0. The second-order valence-electron chi connectivity index (χ2n) is 4.33. The van der Waals surface area contributed by atoms with E-state index in [4.69, 9.17) is 8.83 Å². The predicted octanol–water partition coefficient (Wildman–Crippen LogP) is 3.82. The van der Waals surface area contributed by atoms with Crippen molar-refractivity contribution in [1.82, 2.24) is 0 Å². The molecule has 4 aromatic rings. The summed E-state index contributed by atoms with van der Waals surface area (Å²) in [6, 6.07) is 11.7. The van der Waals surface area contributed by atoms with Gasteiger partial charge in [-0.2, -0.15) is 0 Å². The van der Waals surface area contributed by atoms with Gasteiger partial charge in [0.1, 0.15) is 16.7 Å². The summed E-state index contributed by atoms with van der Waals surface area (Å²) in [6.07, 6.45) is 1.64. The molecule has 0 saturated carbocycles. The molecule has 0 aliphatic heterocycles. The van der Waals surface area contributed by atoms with Gasteiger partial charge in [0.05, 0.1) is 12.9 Å². The lowest BCUT2D eigenvalue weighted by molar-refractivity contribution is 0.281. The minimum atomic E-state index is -0.0585. The molecule has 1 N–H and O–H groups in total. The van der Waals surface area contributed by atoms with Crippen LogP contribution in [0.5, 0.6) is 0 Å². The van der Waals surface area contributed by atoms with E-state index in [1.165, 1.54) is 0 Å². The summed E-state index contributed by atoms with van der Waals surface area (Å²) in [7, 11) is 0. The van der Waals surface area contributed by atoms with E-state index in [0.29, 0.717) is 0 Å². The highest BCUT2D eigenvalue weighted by atomic mass is 16.3. The average molecular weight is 238 g/mol. The molecule has 0 bridgehead atoms. The van der Waals surface area contributed by atoms with Crippen LogP contribution in [0.2, 0.25) is 0 Å². The van der Waals surface area contributed by atoms with Crippen molar-refractivity contribution in [2.45, 2.75) is 6.61 Å². The fraction of sp³-hybridized carbons (Fsp3) is 0.0667. The first-order valence-electron chi connectivity index (χ1n) is 5.79. The highest BCUT2D eigenvalue weighted by molar-refractivity contribution is 6.18. The first kappa shape index (κ1) is 9.74. The normalized spacial score (nSPS) is 11.8. The second-order valence-corrected chi connectivity index (χ2v) is 4.33. The van der Waals surface area contributed by atoms with Gasteiger partial charge < -0.3 is 13.9 Å². The van der Waals surface area contributed by atoms with E-state index in [9.17, 15) is 5.11 Å². The molecule has 2 aromatic carbocycles.